The van der Waals surface area contributed by atoms with E-state index in [0.717, 1.165) is 11.0 Å². The van der Waals surface area contributed by atoms with E-state index in [1.54, 1.807) is 0 Å². The summed E-state index contributed by atoms with van der Waals surface area (Å²) < 4.78 is 14.5. The van der Waals surface area contributed by atoms with Crippen molar-refractivity contribution in [1.82, 2.24) is 0 Å². The minimum absolute atomic E-state index is 0.349. The third-order valence-electron chi connectivity index (χ3n) is 1.17. The summed E-state index contributed by atoms with van der Waals surface area (Å²) in [6.45, 7) is 4.57. The molecular weight excluding hydrogens is 237 g/mol. The molecule has 8 heteroatoms. The molecule has 0 aromatic heterocycles. The standard InChI is InChI=1S/C8H16NO2.H3O4P/c1-5-8(10)11-7-6-9(2,3)4;1-5(2,3)4/h5H,1,6-7H2,2-4H3;(H3,1,2,3,4)/q+1;. The fourth-order valence-electron chi connectivity index (χ4n) is 0.479. The van der Waals surface area contributed by atoms with Crippen LogP contribution < -0.4 is 0 Å². The second kappa shape index (κ2) is 7.54. The zero-order valence-electron chi connectivity index (χ0n) is 9.66. The van der Waals surface area contributed by atoms with Crippen LogP contribution in [0.15, 0.2) is 12.7 Å². The largest absolute Gasteiger partial charge is 0.466 e. The number of phosphoric acid groups is 1. The highest BCUT2D eigenvalue weighted by Crippen LogP contribution is 2.25. The minimum Gasteiger partial charge on any atom is -0.457 e. The van der Waals surface area contributed by atoms with E-state index in [4.69, 9.17) is 24.0 Å². The molecule has 0 saturated heterocycles. The van der Waals surface area contributed by atoms with Crippen LogP contribution in [0.5, 0.6) is 0 Å². The van der Waals surface area contributed by atoms with Gasteiger partial charge in [-0.1, -0.05) is 6.58 Å². The average Bonchev–Trinajstić information content (AvgIpc) is 1.98. The Labute approximate surface area is 94.8 Å². The first-order valence-corrected chi connectivity index (χ1v) is 5.90. The molecule has 0 aromatic carbocycles. The molecule has 0 unspecified atom stereocenters. The second-order valence-electron chi connectivity index (χ2n) is 3.90. The highest BCUT2D eigenvalue weighted by molar-refractivity contribution is 7.45. The van der Waals surface area contributed by atoms with Crippen molar-refractivity contribution in [3.05, 3.63) is 12.7 Å². The molecule has 0 bridgehead atoms. The molecular formula is C8H19NO6P+. The molecule has 0 aliphatic heterocycles. The molecule has 7 nitrogen and oxygen atoms in total. The number of hydrogen-bond acceptors (Lipinski definition) is 3. The van der Waals surface area contributed by atoms with Gasteiger partial charge in [0.25, 0.3) is 0 Å². The van der Waals surface area contributed by atoms with E-state index in [1.165, 1.54) is 6.08 Å². The molecule has 0 aliphatic rings. The summed E-state index contributed by atoms with van der Waals surface area (Å²) >= 11 is 0. The summed E-state index contributed by atoms with van der Waals surface area (Å²) in [5, 5.41) is 0. The molecule has 0 fully saturated rings. The Hall–Kier alpha value is -0.720. The molecule has 0 heterocycles. The Morgan fingerprint density at radius 1 is 1.38 bits per heavy atom. The predicted molar refractivity (Wildman–Crippen MR) is 58.3 cm³/mol. The fraction of sp³-hybridized carbons (Fsp3) is 0.625. The summed E-state index contributed by atoms with van der Waals surface area (Å²) in [6, 6.07) is 0. The van der Waals surface area contributed by atoms with E-state index >= 15 is 0 Å². The smallest absolute Gasteiger partial charge is 0.457 e. The first-order valence-electron chi connectivity index (χ1n) is 4.33. The summed E-state index contributed by atoms with van der Waals surface area (Å²) in [4.78, 5) is 32.1. The van der Waals surface area contributed by atoms with Gasteiger partial charge >= 0.3 is 13.8 Å². The molecule has 3 N–H and O–H groups in total. The molecule has 96 valence electrons. The van der Waals surface area contributed by atoms with Crippen LogP contribution in [0.4, 0.5) is 0 Å². The van der Waals surface area contributed by atoms with E-state index in [-0.39, 0.29) is 5.97 Å². The Kier molecular flexibility index (Phi) is 8.32. The van der Waals surface area contributed by atoms with E-state index in [2.05, 4.69) is 6.58 Å². The number of likely N-dealkylation sites (N-methyl/N-ethyl adjacent to an activating group) is 1. The van der Waals surface area contributed by atoms with Gasteiger partial charge in [0.1, 0.15) is 13.2 Å². The quantitative estimate of drug-likeness (QED) is 0.271. The van der Waals surface area contributed by atoms with Gasteiger partial charge in [0.15, 0.2) is 0 Å². The number of nitrogens with zero attached hydrogens (tertiary/aromatic N) is 1. The van der Waals surface area contributed by atoms with Crippen LogP contribution in [-0.2, 0) is 14.1 Å². The van der Waals surface area contributed by atoms with Crippen molar-refractivity contribution in [1.29, 1.82) is 0 Å². The molecule has 0 atom stereocenters. The molecule has 0 saturated carbocycles. The SMILES string of the molecule is C=CC(=O)OCC[N+](C)(C)C.O=P(O)(O)O. The molecule has 0 radical (unpaired) electrons. The number of carbonyl (C=O) groups is 1. The fourth-order valence-corrected chi connectivity index (χ4v) is 0.479. The minimum atomic E-state index is -4.64. The normalized spacial score (nSPS) is 11.1. The first kappa shape index (κ1) is 17.7. The highest BCUT2D eigenvalue weighted by atomic mass is 31.2. The van der Waals surface area contributed by atoms with Crippen LogP contribution in [0.3, 0.4) is 0 Å². The van der Waals surface area contributed by atoms with Crippen LogP contribution in [0.2, 0.25) is 0 Å². The number of hydrogen-bond donors (Lipinski definition) is 3. The zero-order valence-corrected chi connectivity index (χ0v) is 10.6. The van der Waals surface area contributed by atoms with Crippen molar-refractivity contribution < 1.29 is 33.3 Å². The van der Waals surface area contributed by atoms with Gasteiger partial charge in [-0.15, -0.1) is 0 Å². The number of rotatable bonds is 4. The van der Waals surface area contributed by atoms with Crippen LogP contribution in [0, 0.1) is 0 Å². The average molecular weight is 256 g/mol. The number of esters is 1. The van der Waals surface area contributed by atoms with E-state index in [1.807, 2.05) is 21.1 Å². The lowest BCUT2D eigenvalue weighted by molar-refractivity contribution is -0.870. The van der Waals surface area contributed by atoms with Crippen molar-refractivity contribution >= 4 is 13.8 Å². The van der Waals surface area contributed by atoms with Gasteiger partial charge in [0.2, 0.25) is 0 Å². The Morgan fingerprint density at radius 3 is 2.00 bits per heavy atom. The lowest BCUT2D eigenvalue weighted by Crippen LogP contribution is -2.37. The van der Waals surface area contributed by atoms with Crippen molar-refractivity contribution in [2.75, 3.05) is 34.3 Å². The van der Waals surface area contributed by atoms with E-state index in [9.17, 15) is 4.79 Å². The Bertz CT molecular complexity index is 258. The maximum absolute atomic E-state index is 10.6. The second-order valence-corrected chi connectivity index (χ2v) is 4.93. The van der Waals surface area contributed by atoms with Crippen LogP contribution in [0.25, 0.3) is 0 Å². The molecule has 0 rings (SSSR count). The van der Waals surface area contributed by atoms with Gasteiger partial charge in [-0.05, 0) is 0 Å². The lowest BCUT2D eigenvalue weighted by Gasteiger charge is -2.23. The topological polar surface area (TPSA) is 104 Å². The summed E-state index contributed by atoms with van der Waals surface area (Å²) in [5.74, 6) is -0.349. The number of ether oxygens (including phenoxy) is 1. The lowest BCUT2D eigenvalue weighted by atomic mass is 10.5. The Morgan fingerprint density at radius 2 is 1.75 bits per heavy atom. The van der Waals surface area contributed by atoms with E-state index in [0.29, 0.717) is 6.61 Å². The zero-order chi connectivity index (χ0) is 13.4. The highest BCUT2D eigenvalue weighted by Gasteiger charge is 2.06. The van der Waals surface area contributed by atoms with E-state index < -0.39 is 7.82 Å². The summed E-state index contributed by atoms with van der Waals surface area (Å²) in [5.41, 5.74) is 0. The molecule has 16 heavy (non-hydrogen) atoms. The first-order chi connectivity index (χ1) is 6.95. The maximum atomic E-state index is 10.6. The maximum Gasteiger partial charge on any atom is 0.466 e. The molecule has 0 aromatic rings. The van der Waals surface area contributed by atoms with Crippen LogP contribution in [0.1, 0.15) is 0 Å². The van der Waals surface area contributed by atoms with Crippen molar-refractivity contribution in [3.63, 3.8) is 0 Å². The van der Waals surface area contributed by atoms with Crippen molar-refractivity contribution in [2.45, 2.75) is 0 Å². The molecule has 0 aliphatic carbocycles. The Balaban J connectivity index is 0. The van der Waals surface area contributed by atoms with Crippen LogP contribution >= 0.6 is 7.82 Å². The predicted octanol–water partition coefficient (Wildman–Crippen LogP) is -0.507. The third-order valence-corrected chi connectivity index (χ3v) is 1.17. The number of quaternary nitrogens is 1. The van der Waals surface area contributed by atoms with Crippen LogP contribution in [-0.4, -0.2) is 59.4 Å². The molecule has 0 spiro atoms. The summed E-state index contributed by atoms with van der Waals surface area (Å²) in [6.07, 6.45) is 1.18. The van der Waals surface area contributed by atoms with Gasteiger partial charge in [0.05, 0.1) is 21.1 Å². The van der Waals surface area contributed by atoms with Gasteiger partial charge in [-0.2, -0.15) is 0 Å². The number of carbonyl (C=O) groups excluding carboxylic acids is 1. The monoisotopic (exact) mass is 256 g/mol. The van der Waals surface area contributed by atoms with Crippen molar-refractivity contribution in [2.24, 2.45) is 0 Å². The van der Waals surface area contributed by atoms with Gasteiger partial charge < -0.3 is 23.9 Å². The summed E-state index contributed by atoms with van der Waals surface area (Å²) in [7, 11) is 1.49. The van der Waals surface area contributed by atoms with Gasteiger partial charge in [0, 0.05) is 6.08 Å². The van der Waals surface area contributed by atoms with Gasteiger partial charge in [-0.3, -0.25) is 0 Å². The third kappa shape index (κ3) is 29.2. The van der Waals surface area contributed by atoms with Gasteiger partial charge in [-0.25, -0.2) is 9.36 Å². The van der Waals surface area contributed by atoms with Crippen molar-refractivity contribution in [3.8, 4) is 0 Å². The molecule has 0 amide bonds.